The van der Waals surface area contributed by atoms with Gasteiger partial charge in [-0.2, -0.15) is 0 Å². The molecule has 0 aromatic carbocycles. The van der Waals surface area contributed by atoms with Crippen LogP contribution < -0.4 is 0 Å². The van der Waals surface area contributed by atoms with Gasteiger partial charge in [-0.05, 0) is 12.8 Å². The van der Waals surface area contributed by atoms with Gasteiger partial charge in [0.15, 0.2) is 0 Å². The third-order valence-corrected chi connectivity index (χ3v) is 0.632. The van der Waals surface area contributed by atoms with E-state index in [1.165, 1.54) is 0 Å². The van der Waals surface area contributed by atoms with Crippen molar-refractivity contribution in [2.45, 2.75) is 56.4 Å². The fraction of sp³-hybridized carbons (Fsp3) is 1.00. The minimum atomic E-state index is 0. The number of methoxy groups -OCH3 is 1. The molecule has 0 spiro atoms. The van der Waals surface area contributed by atoms with Crippen LogP contribution in [0.4, 0.5) is 0 Å². The summed E-state index contributed by atoms with van der Waals surface area (Å²) in [6, 6.07) is 0. The number of rotatable bonds is 3. The first-order valence-electron chi connectivity index (χ1n) is 3.43. The fourth-order valence-corrected chi connectivity index (χ4v) is 0.204. The minimum absolute atomic E-state index is 0. The number of aliphatic hydroxyl groups is 1. The molecule has 0 unspecified atom stereocenters. The van der Waals surface area contributed by atoms with E-state index in [0.29, 0.717) is 6.61 Å². The quantitative estimate of drug-likeness (QED) is 0.743. The Balaban J connectivity index is -0.0000000146. The Kier molecular flexibility index (Phi) is 173. The second kappa shape index (κ2) is 58.7. The van der Waals surface area contributed by atoms with Crippen LogP contribution >= 0.6 is 0 Å². The predicted octanol–water partition coefficient (Wildman–Crippen LogP) is 3.98. The number of hydrogen-bond donors (Lipinski definition) is 1. The molecule has 0 amide bonds. The van der Waals surface area contributed by atoms with E-state index in [9.17, 15) is 0 Å². The number of hydrogen-bond acceptors (Lipinski definition) is 2. The van der Waals surface area contributed by atoms with Crippen LogP contribution in [0.1, 0.15) is 56.4 Å². The maximum absolute atomic E-state index is 7.88. The van der Waals surface area contributed by atoms with Crippen molar-refractivity contribution in [3.63, 3.8) is 0 Å². The molecular formula is C11H34O2. The molecule has 0 aliphatic carbocycles. The van der Waals surface area contributed by atoms with Crippen molar-refractivity contribution in [1.82, 2.24) is 0 Å². The van der Waals surface area contributed by atoms with Crippen LogP contribution in [0.25, 0.3) is 0 Å². The zero-order valence-electron chi connectivity index (χ0n) is 6.68. The largest absolute Gasteiger partial charge is 0.396 e. The maximum Gasteiger partial charge on any atom is 0.0459 e. The third kappa shape index (κ3) is 138. The van der Waals surface area contributed by atoms with Crippen LogP contribution in [-0.2, 0) is 4.74 Å². The first-order valence-corrected chi connectivity index (χ1v) is 3.43. The van der Waals surface area contributed by atoms with Gasteiger partial charge in [0.25, 0.3) is 0 Å². The van der Waals surface area contributed by atoms with E-state index in [0.717, 1.165) is 19.4 Å². The van der Waals surface area contributed by atoms with E-state index < -0.39 is 0 Å². The average molecular weight is 198 g/mol. The molecule has 0 saturated carbocycles. The third-order valence-electron chi connectivity index (χ3n) is 0.632. The van der Waals surface area contributed by atoms with Gasteiger partial charge in [0.1, 0.15) is 0 Å². The summed E-state index contributed by atoms with van der Waals surface area (Å²) in [5, 5.41) is 7.88. The van der Waals surface area contributed by atoms with Gasteiger partial charge in [0.2, 0.25) is 0 Å². The lowest BCUT2D eigenvalue weighted by Crippen LogP contribution is -1.80. The maximum atomic E-state index is 7.88. The van der Waals surface area contributed by atoms with E-state index in [1.54, 1.807) is 7.11 Å². The van der Waals surface area contributed by atoms with Crippen molar-refractivity contribution in [2.24, 2.45) is 0 Å². The van der Waals surface area contributed by atoms with Crippen LogP contribution in [0.5, 0.6) is 0 Å². The van der Waals surface area contributed by atoms with Crippen molar-refractivity contribution in [2.75, 3.05) is 20.3 Å². The second-order valence-electron chi connectivity index (χ2n) is 1.72. The normalized spacial score (nSPS) is 5.54. The monoisotopic (exact) mass is 198 g/mol. The molecule has 90 valence electrons. The predicted molar refractivity (Wildman–Crippen MR) is 66.5 cm³/mol. The van der Waals surface area contributed by atoms with Crippen LogP contribution in [0.2, 0.25) is 0 Å². The number of aliphatic hydroxyl groups excluding tert-OH is 1. The first-order chi connectivity index (χ1) is 4.33. The Bertz CT molecular complexity index is 27.3. The average Bonchev–Trinajstić information content (AvgIpc) is 1.91. The highest BCUT2D eigenvalue weighted by atomic mass is 16.5. The molecule has 0 saturated heterocycles. The molecule has 13 heavy (non-hydrogen) atoms. The van der Waals surface area contributed by atoms with Crippen molar-refractivity contribution in [3.8, 4) is 0 Å². The van der Waals surface area contributed by atoms with E-state index in [4.69, 9.17) is 9.84 Å². The van der Waals surface area contributed by atoms with Gasteiger partial charge in [0.05, 0.1) is 0 Å². The number of ether oxygens (including phenoxy) is 1. The fourth-order valence-electron chi connectivity index (χ4n) is 0.204. The highest BCUT2D eigenvalue weighted by molar-refractivity contribution is 4.15. The second-order valence-corrected chi connectivity index (χ2v) is 1.72. The van der Waals surface area contributed by atoms with Gasteiger partial charge in [-0.3, -0.25) is 0 Å². The van der Waals surface area contributed by atoms with Crippen LogP contribution in [0.3, 0.4) is 0 Å². The zero-order valence-corrected chi connectivity index (χ0v) is 6.68. The van der Waals surface area contributed by atoms with E-state index >= 15 is 0 Å². The van der Waals surface area contributed by atoms with Crippen molar-refractivity contribution in [3.05, 3.63) is 0 Å². The van der Waals surface area contributed by atoms with Crippen molar-refractivity contribution >= 4 is 0 Å². The summed E-state index contributed by atoms with van der Waals surface area (Å²) in [6.45, 7) is 5.23. The lowest BCUT2D eigenvalue weighted by molar-refractivity contribution is 0.199. The Hall–Kier alpha value is -0.0800. The van der Waals surface area contributed by atoms with Crippen LogP contribution in [0, 0.1) is 0 Å². The molecule has 0 radical (unpaired) electrons. The first kappa shape index (κ1) is 38.3. The summed E-state index contributed by atoms with van der Waals surface area (Å²) in [6.07, 6.45) is 2.00. The summed E-state index contributed by atoms with van der Waals surface area (Å²) in [5.74, 6) is 0. The van der Waals surface area contributed by atoms with E-state index in [2.05, 4.69) is 6.92 Å². The smallest absolute Gasteiger partial charge is 0.0459 e. The summed E-state index contributed by atoms with van der Waals surface area (Å²) in [5.41, 5.74) is 0. The molecule has 0 aromatic rings. The Morgan fingerprint density at radius 3 is 1.23 bits per heavy atom. The van der Waals surface area contributed by atoms with Gasteiger partial charge >= 0.3 is 0 Å². The molecule has 0 bridgehead atoms. The summed E-state index contributed by atoms with van der Waals surface area (Å²) >= 11 is 0. The molecular weight excluding hydrogens is 164 g/mol. The molecule has 0 aromatic heterocycles. The molecule has 0 fully saturated rings. The van der Waals surface area contributed by atoms with Gasteiger partial charge in [-0.1, -0.05) is 43.6 Å². The van der Waals surface area contributed by atoms with Gasteiger partial charge in [-0.25, -0.2) is 0 Å². The molecule has 2 nitrogen and oxygen atoms in total. The van der Waals surface area contributed by atoms with Crippen LogP contribution in [0.15, 0.2) is 0 Å². The lowest BCUT2D eigenvalue weighted by Gasteiger charge is -1.84. The SMILES string of the molecule is C.C.C.C.CCCO.CCCOC. The Labute approximate surface area is 87.3 Å². The molecule has 2 heteroatoms. The molecule has 0 aliphatic heterocycles. The summed E-state index contributed by atoms with van der Waals surface area (Å²) in [7, 11) is 1.71. The zero-order chi connectivity index (χ0) is 7.54. The van der Waals surface area contributed by atoms with Crippen LogP contribution in [-0.4, -0.2) is 25.4 Å². The Morgan fingerprint density at radius 1 is 0.923 bits per heavy atom. The molecule has 0 atom stereocenters. The van der Waals surface area contributed by atoms with Gasteiger partial charge < -0.3 is 9.84 Å². The standard InChI is InChI=1S/C4H10O.C3H8O.4CH4/c1-3-4-5-2;1-2-3-4;;;;/h3-4H2,1-2H3;4H,2-3H2,1H3;4*1H4. The summed E-state index contributed by atoms with van der Waals surface area (Å²) in [4.78, 5) is 0. The molecule has 1 N–H and O–H groups in total. The highest BCUT2D eigenvalue weighted by Gasteiger charge is 1.66. The topological polar surface area (TPSA) is 29.5 Å². The van der Waals surface area contributed by atoms with Gasteiger partial charge in [-0.15, -0.1) is 0 Å². The highest BCUT2D eigenvalue weighted by Crippen LogP contribution is 1.70. The minimum Gasteiger partial charge on any atom is -0.396 e. The molecule has 0 heterocycles. The summed E-state index contributed by atoms with van der Waals surface area (Å²) < 4.78 is 4.69. The van der Waals surface area contributed by atoms with Gasteiger partial charge in [0, 0.05) is 20.3 Å². The lowest BCUT2D eigenvalue weighted by atomic mass is 10.5. The molecule has 0 rings (SSSR count). The molecule has 0 aliphatic rings. The van der Waals surface area contributed by atoms with Crippen molar-refractivity contribution in [1.29, 1.82) is 0 Å². The Morgan fingerprint density at radius 2 is 1.23 bits per heavy atom. The van der Waals surface area contributed by atoms with Crippen molar-refractivity contribution < 1.29 is 9.84 Å². The van der Waals surface area contributed by atoms with E-state index in [-0.39, 0.29) is 29.7 Å². The van der Waals surface area contributed by atoms with E-state index in [1.807, 2.05) is 6.92 Å².